The molecule has 0 aromatic rings. The fourth-order valence-corrected chi connectivity index (χ4v) is 7.53. The molecule has 0 unspecified atom stereocenters. The molecule has 0 bridgehead atoms. The van der Waals surface area contributed by atoms with Crippen LogP contribution in [0.1, 0.15) is 93.9 Å². The maximum Gasteiger partial charge on any atom is 0.306 e. The molecule has 0 spiro atoms. The molecule has 35 heavy (non-hydrogen) atoms. The molecule has 6 atom stereocenters. The van der Waals surface area contributed by atoms with Crippen LogP contribution in [0, 0.1) is 17.8 Å². The molecular formula is C29H56O4Si2. The summed E-state index contributed by atoms with van der Waals surface area (Å²) in [6, 6.07) is 0. The Morgan fingerprint density at radius 2 is 1.66 bits per heavy atom. The lowest BCUT2D eigenvalue weighted by molar-refractivity contribution is -0.141. The quantitative estimate of drug-likeness (QED) is 0.154. The number of unbranched alkanes of at least 4 members (excludes halogenated alkanes) is 1. The van der Waals surface area contributed by atoms with E-state index in [1.165, 1.54) is 19.3 Å². The van der Waals surface area contributed by atoms with Gasteiger partial charge in [0.25, 0.3) is 0 Å². The summed E-state index contributed by atoms with van der Waals surface area (Å²) in [5.41, 5.74) is 0. The van der Waals surface area contributed by atoms with Crippen LogP contribution in [-0.2, 0) is 18.4 Å². The zero-order chi connectivity index (χ0) is 26.8. The van der Waals surface area contributed by atoms with E-state index < -0.39 is 16.6 Å². The standard InChI is InChI=1S/C29H56O4Si2/c1-13-14-15-21(2)18-22(32-34(9,10)28(3,4)5)16-17-23-24-19-27(30)31-25(24)20-26(23)33-35(11,12)29(6,7)8/h16-17,21-26H,13-15,18-20H2,1-12H3/t21-,22+,23+,24+,25-,26+/m0/s1. The van der Waals surface area contributed by atoms with Crippen LogP contribution in [0.4, 0.5) is 0 Å². The largest absolute Gasteiger partial charge is 0.462 e. The monoisotopic (exact) mass is 524 g/mol. The van der Waals surface area contributed by atoms with Gasteiger partial charge in [0, 0.05) is 18.3 Å². The Morgan fingerprint density at radius 3 is 2.20 bits per heavy atom. The van der Waals surface area contributed by atoms with E-state index in [0.29, 0.717) is 12.3 Å². The van der Waals surface area contributed by atoms with Crippen LogP contribution >= 0.6 is 0 Å². The van der Waals surface area contributed by atoms with E-state index in [1.54, 1.807) is 0 Å². The molecule has 0 amide bonds. The maximum atomic E-state index is 12.1. The highest BCUT2D eigenvalue weighted by atomic mass is 28.4. The summed E-state index contributed by atoms with van der Waals surface area (Å²) in [6.45, 7) is 27.8. The first-order valence-corrected chi connectivity index (χ1v) is 19.9. The lowest BCUT2D eigenvalue weighted by atomic mass is 9.90. The summed E-state index contributed by atoms with van der Waals surface area (Å²) in [4.78, 5) is 12.1. The third kappa shape index (κ3) is 8.02. The van der Waals surface area contributed by atoms with Crippen LogP contribution in [-0.4, -0.2) is 40.9 Å². The van der Waals surface area contributed by atoms with Crippen molar-refractivity contribution < 1.29 is 18.4 Å². The molecule has 1 heterocycles. The topological polar surface area (TPSA) is 44.8 Å². The molecule has 0 N–H and O–H groups in total. The number of hydrogen-bond donors (Lipinski definition) is 0. The molecular weight excluding hydrogens is 468 g/mol. The molecule has 6 heteroatoms. The van der Waals surface area contributed by atoms with Crippen LogP contribution in [0.15, 0.2) is 12.2 Å². The van der Waals surface area contributed by atoms with E-state index in [-0.39, 0.29) is 46.2 Å². The van der Waals surface area contributed by atoms with Crippen molar-refractivity contribution in [2.45, 2.75) is 148 Å². The molecule has 2 fully saturated rings. The molecule has 204 valence electrons. The minimum absolute atomic E-state index is 0.00449. The Bertz CT molecular complexity index is 732. The van der Waals surface area contributed by atoms with Crippen molar-refractivity contribution >= 4 is 22.6 Å². The molecule has 0 aromatic carbocycles. The fourth-order valence-electron chi connectivity index (χ4n) is 4.89. The average molecular weight is 525 g/mol. The highest BCUT2D eigenvalue weighted by Gasteiger charge is 2.52. The lowest BCUT2D eigenvalue weighted by Gasteiger charge is -2.40. The SMILES string of the molecule is CCCC[C@H](C)C[C@@H](C=C[C@@H]1[C@H]2CC(=O)O[C@H]2C[C@H]1O[Si](C)(C)C(C)(C)C)O[Si](C)(C)C(C)(C)C. The van der Waals surface area contributed by atoms with Gasteiger partial charge in [-0.05, 0) is 48.6 Å². The summed E-state index contributed by atoms with van der Waals surface area (Å²) in [5, 5.41) is 0.322. The molecule has 1 saturated carbocycles. The van der Waals surface area contributed by atoms with Crippen LogP contribution in [0.5, 0.6) is 0 Å². The van der Waals surface area contributed by atoms with Gasteiger partial charge in [-0.25, -0.2) is 0 Å². The Labute approximate surface area is 219 Å². The number of ether oxygens (including phenoxy) is 1. The molecule has 4 nitrogen and oxygen atoms in total. The number of fused-ring (bicyclic) bond motifs is 1. The lowest BCUT2D eigenvalue weighted by Crippen LogP contribution is -2.45. The van der Waals surface area contributed by atoms with Crippen molar-refractivity contribution in [3.63, 3.8) is 0 Å². The third-order valence-corrected chi connectivity index (χ3v) is 18.3. The summed E-state index contributed by atoms with van der Waals surface area (Å²) in [6.07, 6.45) is 11.0. The zero-order valence-corrected chi connectivity index (χ0v) is 27.0. The van der Waals surface area contributed by atoms with Crippen molar-refractivity contribution in [2.75, 3.05) is 0 Å². The second kappa shape index (κ2) is 11.5. The van der Waals surface area contributed by atoms with Gasteiger partial charge in [0.15, 0.2) is 16.6 Å². The van der Waals surface area contributed by atoms with Gasteiger partial charge in [-0.2, -0.15) is 0 Å². The second-order valence-corrected chi connectivity index (χ2v) is 23.9. The summed E-state index contributed by atoms with van der Waals surface area (Å²) >= 11 is 0. The third-order valence-electron chi connectivity index (χ3n) is 9.29. The number of hydrogen-bond acceptors (Lipinski definition) is 4. The Morgan fingerprint density at radius 1 is 1.06 bits per heavy atom. The molecule has 0 radical (unpaired) electrons. The summed E-state index contributed by atoms with van der Waals surface area (Å²) in [7, 11) is -3.85. The number of carbonyl (C=O) groups is 1. The minimum Gasteiger partial charge on any atom is -0.462 e. The first-order valence-electron chi connectivity index (χ1n) is 14.1. The van der Waals surface area contributed by atoms with E-state index in [4.69, 9.17) is 13.6 Å². The first kappa shape index (κ1) is 30.8. The minimum atomic E-state index is -1.94. The Hall–Kier alpha value is -0.436. The van der Waals surface area contributed by atoms with Crippen molar-refractivity contribution in [3.8, 4) is 0 Å². The van der Waals surface area contributed by atoms with E-state index in [0.717, 1.165) is 12.8 Å². The first-order chi connectivity index (χ1) is 15.9. The molecule has 1 aliphatic carbocycles. The van der Waals surface area contributed by atoms with E-state index >= 15 is 0 Å². The van der Waals surface area contributed by atoms with Gasteiger partial charge in [-0.1, -0.05) is 86.8 Å². The van der Waals surface area contributed by atoms with Crippen LogP contribution in [0.3, 0.4) is 0 Å². The van der Waals surface area contributed by atoms with Crippen molar-refractivity contribution in [1.82, 2.24) is 0 Å². The van der Waals surface area contributed by atoms with Crippen molar-refractivity contribution in [2.24, 2.45) is 17.8 Å². The van der Waals surface area contributed by atoms with Crippen molar-refractivity contribution in [1.29, 1.82) is 0 Å². The van der Waals surface area contributed by atoms with Gasteiger partial charge >= 0.3 is 5.97 Å². The predicted molar refractivity (Wildman–Crippen MR) is 153 cm³/mol. The van der Waals surface area contributed by atoms with Gasteiger partial charge in [-0.3, -0.25) is 4.79 Å². The van der Waals surface area contributed by atoms with E-state index in [2.05, 4.69) is 93.7 Å². The molecule has 1 aliphatic heterocycles. The highest BCUT2D eigenvalue weighted by molar-refractivity contribution is 6.74. The smallest absolute Gasteiger partial charge is 0.306 e. The fraction of sp³-hybridized carbons (Fsp3) is 0.897. The predicted octanol–water partition coefficient (Wildman–Crippen LogP) is 8.49. The number of carbonyl (C=O) groups excluding carboxylic acids is 1. The van der Waals surface area contributed by atoms with Crippen LogP contribution < -0.4 is 0 Å². The Balaban J connectivity index is 2.29. The van der Waals surface area contributed by atoms with Gasteiger partial charge in [-0.15, -0.1) is 0 Å². The normalized spacial score (nSPS) is 27.8. The highest BCUT2D eigenvalue weighted by Crippen LogP contribution is 2.47. The summed E-state index contributed by atoms with van der Waals surface area (Å²) < 4.78 is 19.6. The van der Waals surface area contributed by atoms with Crippen LogP contribution in [0.25, 0.3) is 0 Å². The van der Waals surface area contributed by atoms with Crippen molar-refractivity contribution in [3.05, 3.63) is 12.2 Å². The van der Waals surface area contributed by atoms with Gasteiger partial charge in [0.1, 0.15) is 6.10 Å². The molecule has 2 aliphatic rings. The molecule has 1 saturated heterocycles. The van der Waals surface area contributed by atoms with Gasteiger partial charge < -0.3 is 13.6 Å². The van der Waals surface area contributed by atoms with Gasteiger partial charge in [0.2, 0.25) is 0 Å². The maximum absolute atomic E-state index is 12.1. The van der Waals surface area contributed by atoms with E-state index in [9.17, 15) is 4.79 Å². The second-order valence-electron chi connectivity index (χ2n) is 14.4. The number of rotatable bonds is 11. The Kier molecular flexibility index (Phi) is 10.1. The summed E-state index contributed by atoms with van der Waals surface area (Å²) in [5.74, 6) is 1.00. The van der Waals surface area contributed by atoms with E-state index in [1.807, 2.05) is 0 Å². The average Bonchev–Trinajstić information content (AvgIpc) is 3.17. The number of esters is 1. The van der Waals surface area contributed by atoms with Crippen LogP contribution in [0.2, 0.25) is 36.3 Å². The zero-order valence-electron chi connectivity index (χ0n) is 25.0. The van der Waals surface area contributed by atoms with Gasteiger partial charge in [0.05, 0.1) is 18.6 Å². The molecule has 2 rings (SSSR count). The molecule has 0 aromatic heterocycles.